The molecule has 2 fully saturated rings. The van der Waals surface area contributed by atoms with E-state index in [0.29, 0.717) is 23.4 Å². The number of likely N-dealkylation sites (tertiary alicyclic amines) is 1. The lowest BCUT2D eigenvalue weighted by molar-refractivity contribution is 0.0657. The van der Waals surface area contributed by atoms with Gasteiger partial charge in [0.15, 0.2) is 5.82 Å². The summed E-state index contributed by atoms with van der Waals surface area (Å²) in [6, 6.07) is 5.92. The van der Waals surface area contributed by atoms with Crippen molar-refractivity contribution in [3.05, 3.63) is 41.0 Å². The number of hydrogen-bond acceptors (Lipinski definition) is 6. The quantitative estimate of drug-likeness (QED) is 0.658. The molecule has 1 amide bonds. The fraction of sp³-hybridized carbons (Fsp3) is 0.500. The van der Waals surface area contributed by atoms with E-state index >= 15 is 0 Å². The Kier molecular flexibility index (Phi) is 4.50. The molecular weight excluding hydrogens is 374 g/mol. The van der Waals surface area contributed by atoms with E-state index in [1.165, 1.54) is 12.8 Å². The van der Waals surface area contributed by atoms with E-state index in [4.69, 9.17) is 4.52 Å². The van der Waals surface area contributed by atoms with Gasteiger partial charge in [0.2, 0.25) is 5.89 Å². The molecule has 146 valence electrons. The Hall–Kier alpha value is -2.48. The lowest BCUT2D eigenvalue weighted by atomic mass is 9.94. The van der Waals surface area contributed by atoms with Crippen molar-refractivity contribution in [1.82, 2.24) is 24.8 Å². The summed E-state index contributed by atoms with van der Waals surface area (Å²) in [5, 5.41) is 10.7. The van der Waals surface area contributed by atoms with Crippen LogP contribution in [0.4, 0.5) is 0 Å². The lowest BCUT2D eigenvalue weighted by Gasteiger charge is -2.32. The molecule has 1 saturated carbocycles. The van der Waals surface area contributed by atoms with E-state index in [2.05, 4.69) is 15.2 Å². The molecule has 1 saturated heterocycles. The number of amides is 1. The van der Waals surface area contributed by atoms with Crippen LogP contribution in [-0.4, -0.2) is 43.8 Å². The zero-order valence-electron chi connectivity index (χ0n) is 15.9. The molecule has 7 nitrogen and oxygen atoms in total. The summed E-state index contributed by atoms with van der Waals surface area (Å²) < 4.78 is 7.13. The number of nitrogens with zero attached hydrogens (tertiary/aromatic N) is 5. The molecule has 3 aromatic heterocycles. The highest BCUT2D eigenvalue weighted by Gasteiger charge is 2.31. The number of thiophene rings is 1. The van der Waals surface area contributed by atoms with Gasteiger partial charge in [0.25, 0.3) is 5.91 Å². The number of carbonyl (C=O) groups excluding carboxylic acids is 1. The maximum absolute atomic E-state index is 13.1. The first-order valence-corrected chi connectivity index (χ1v) is 10.7. The Bertz CT molecular complexity index is 973. The van der Waals surface area contributed by atoms with Gasteiger partial charge in [-0.3, -0.25) is 9.48 Å². The molecule has 8 heteroatoms. The Labute approximate surface area is 167 Å². The third-order valence-electron chi connectivity index (χ3n) is 5.57. The Morgan fingerprint density at radius 1 is 1.36 bits per heavy atom. The number of aromatic nitrogens is 4. The van der Waals surface area contributed by atoms with Crippen LogP contribution in [0.25, 0.3) is 10.6 Å². The average molecular weight is 398 g/mol. The molecule has 1 aliphatic carbocycles. The van der Waals surface area contributed by atoms with Gasteiger partial charge in [-0.2, -0.15) is 10.1 Å². The van der Waals surface area contributed by atoms with Crippen LogP contribution in [0.2, 0.25) is 0 Å². The van der Waals surface area contributed by atoms with Crippen LogP contribution in [-0.2, 0) is 13.5 Å². The average Bonchev–Trinajstić information content (AvgIpc) is 3.10. The zero-order valence-corrected chi connectivity index (χ0v) is 16.7. The summed E-state index contributed by atoms with van der Waals surface area (Å²) in [6.07, 6.45) is 5.16. The van der Waals surface area contributed by atoms with Gasteiger partial charge in [0, 0.05) is 32.5 Å². The van der Waals surface area contributed by atoms with Gasteiger partial charge < -0.3 is 9.42 Å². The van der Waals surface area contributed by atoms with Crippen molar-refractivity contribution in [2.24, 2.45) is 13.0 Å². The Balaban J connectivity index is 1.27. The highest BCUT2D eigenvalue weighted by Crippen LogP contribution is 2.38. The molecule has 0 unspecified atom stereocenters. The predicted octanol–water partition coefficient (Wildman–Crippen LogP) is 3.50. The van der Waals surface area contributed by atoms with Crippen molar-refractivity contribution >= 4 is 17.2 Å². The second-order valence-electron chi connectivity index (χ2n) is 7.80. The van der Waals surface area contributed by atoms with Gasteiger partial charge in [-0.25, -0.2) is 0 Å². The van der Waals surface area contributed by atoms with Crippen molar-refractivity contribution in [3.8, 4) is 10.6 Å². The second-order valence-corrected chi connectivity index (χ2v) is 8.75. The molecule has 0 spiro atoms. The Morgan fingerprint density at radius 3 is 3.04 bits per heavy atom. The summed E-state index contributed by atoms with van der Waals surface area (Å²) >= 11 is 1.63. The zero-order chi connectivity index (χ0) is 19.1. The molecular formula is C20H23N5O2S. The standard InChI is InChI=1S/C20H23N5O2S/c1-24-16(11-15(22-24)17-5-3-9-28-17)20(26)25-8-2-4-13(12-25)10-18-21-19(23-27-18)14-6-7-14/h3,5,9,11,13-14H,2,4,6-8,10,12H2,1H3/t13-/m1/s1. The van der Waals surface area contributed by atoms with Crippen molar-refractivity contribution in [2.45, 2.75) is 38.0 Å². The maximum Gasteiger partial charge on any atom is 0.272 e. The second kappa shape index (κ2) is 7.16. The first-order valence-electron chi connectivity index (χ1n) is 9.87. The molecule has 0 N–H and O–H groups in total. The summed E-state index contributed by atoms with van der Waals surface area (Å²) in [7, 11) is 1.84. The van der Waals surface area contributed by atoms with Crippen LogP contribution in [0, 0.1) is 5.92 Å². The van der Waals surface area contributed by atoms with Crippen molar-refractivity contribution in [3.63, 3.8) is 0 Å². The fourth-order valence-corrected chi connectivity index (χ4v) is 4.58. The van der Waals surface area contributed by atoms with E-state index in [1.807, 2.05) is 35.5 Å². The van der Waals surface area contributed by atoms with Gasteiger partial charge in [0.1, 0.15) is 11.4 Å². The monoisotopic (exact) mass is 397 g/mol. The van der Waals surface area contributed by atoms with Gasteiger partial charge in [-0.15, -0.1) is 11.3 Å². The number of carbonyl (C=O) groups is 1. The van der Waals surface area contributed by atoms with Crippen LogP contribution in [0.5, 0.6) is 0 Å². The lowest BCUT2D eigenvalue weighted by Crippen LogP contribution is -2.41. The molecule has 0 bridgehead atoms. The molecule has 1 atom stereocenters. The number of rotatable bonds is 5. The summed E-state index contributed by atoms with van der Waals surface area (Å²) in [6.45, 7) is 1.51. The molecule has 0 aromatic carbocycles. The Morgan fingerprint density at radius 2 is 2.25 bits per heavy atom. The molecule has 2 aliphatic rings. The van der Waals surface area contributed by atoms with Gasteiger partial charge in [0.05, 0.1) is 4.88 Å². The third-order valence-corrected chi connectivity index (χ3v) is 6.46. The fourth-order valence-electron chi connectivity index (χ4n) is 3.90. The maximum atomic E-state index is 13.1. The number of piperidine rings is 1. The van der Waals surface area contributed by atoms with E-state index in [1.54, 1.807) is 16.0 Å². The van der Waals surface area contributed by atoms with Crippen molar-refractivity contribution in [2.75, 3.05) is 13.1 Å². The highest BCUT2D eigenvalue weighted by molar-refractivity contribution is 7.13. The topological polar surface area (TPSA) is 77.1 Å². The highest BCUT2D eigenvalue weighted by atomic mass is 32.1. The third kappa shape index (κ3) is 3.48. The number of aryl methyl sites for hydroxylation is 1. The first kappa shape index (κ1) is 17.6. The molecule has 28 heavy (non-hydrogen) atoms. The van der Waals surface area contributed by atoms with Crippen molar-refractivity contribution in [1.29, 1.82) is 0 Å². The minimum absolute atomic E-state index is 0.0479. The van der Waals surface area contributed by atoms with Crippen LogP contribution in [0.15, 0.2) is 28.1 Å². The molecule has 1 aliphatic heterocycles. The molecule has 3 aromatic rings. The van der Waals surface area contributed by atoms with E-state index in [0.717, 1.165) is 48.7 Å². The van der Waals surface area contributed by atoms with Gasteiger partial charge in [-0.1, -0.05) is 11.2 Å². The normalized spacial score (nSPS) is 19.9. The van der Waals surface area contributed by atoms with Crippen LogP contribution in [0.3, 0.4) is 0 Å². The van der Waals surface area contributed by atoms with Gasteiger partial charge >= 0.3 is 0 Å². The molecule has 5 rings (SSSR count). The van der Waals surface area contributed by atoms with E-state index < -0.39 is 0 Å². The largest absolute Gasteiger partial charge is 0.339 e. The van der Waals surface area contributed by atoms with E-state index in [-0.39, 0.29) is 5.91 Å². The van der Waals surface area contributed by atoms with Crippen LogP contribution < -0.4 is 0 Å². The number of hydrogen-bond donors (Lipinski definition) is 0. The minimum Gasteiger partial charge on any atom is -0.339 e. The summed E-state index contributed by atoms with van der Waals surface area (Å²) in [5.41, 5.74) is 1.49. The minimum atomic E-state index is 0.0479. The van der Waals surface area contributed by atoms with Crippen LogP contribution in [0.1, 0.15) is 53.8 Å². The summed E-state index contributed by atoms with van der Waals surface area (Å²) in [4.78, 5) is 20.7. The van der Waals surface area contributed by atoms with Crippen molar-refractivity contribution < 1.29 is 9.32 Å². The summed E-state index contributed by atoms with van der Waals surface area (Å²) in [5.74, 6) is 2.47. The predicted molar refractivity (Wildman–Crippen MR) is 105 cm³/mol. The molecule has 0 radical (unpaired) electrons. The first-order chi connectivity index (χ1) is 13.7. The smallest absolute Gasteiger partial charge is 0.272 e. The molecule has 4 heterocycles. The van der Waals surface area contributed by atoms with Crippen LogP contribution >= 0.6 is 11.3 Å². The van der Waals surface area contributed by atoms with Gasteiger partial charge in [-0.05, 0) is 49.1 Å². The SMILES string of the molecule is Cn1nc(-c2cccs2)cc1C(=O)N1CCC[C@H](Cc2nc(C3CC3)no2)C1. The van der Waals surface area contributed by atoms with E-state index in [9.17, 15) is 4.79 Å².